The first-order valence-corrected chi connectivity index (χ1v) is 7.46. The molecule has 0 radical (unpaired) electrons. The SMILES string of the molecule is C[C@@H]1CC(=O)[C@H](CC(=O)OCC(=O)NC2CC2)[C@@H]1C[N+](=O)[O-]. The Bertz CT molecular complexity index is 488. The fourth-order valence-electron chi connectivity index (χ4n) is 2.88. The zero-order valence-corrected chi connectivity index (χ0v) is 12.4. The van der Waals surface area contributed by atoms with Crippen molar-refractivity contribution in [1.29, 1.82) is 0 Å². The lowest BCUT2D eigenvalue weighted by molar-refractivity contribution is -0.490. The number of carbonyl (C=O) groups excluding carboxylic acids is 3. The van der Waals surface area contributed by atoms with Gasteiger partial charge in [-0.1, -0.05) is 6.92 Å². The number of carbonyl (C=O) groups is 3. The van der Waals surface area contributed by atoms with Crippen LogP contribution in [-0.4, -0.2) is 41.8 Å². The summed E-state index contributed by atoms with van der Waals surface area (Å²) in [7, 11) is 0. The molecule has 2 aliphatic carbocycles. The van der Waals surface area contributed by atoms with Crippen LogP contribution in [-0.2, 0) is 19.1 Å². The molecule has 0 saturated heterocycles. The van der Waals surface area contributed by atoms with E-state index < -0.39 is 22.7 Å². The van der Waals surface area contributed by atoms with E-state index in [1.807, 2.05) is 0 Å². The van der Waals surface area contributed by atoms with E-state index in [-0.39, 0.29) is 49.6 Å². The Morgan fingerprint density at radius 2 is 2.09 bits per heavy atom. The van der Waals surface area contributed by atoms with E-state index in [4.69, 9.17) is 4.74 Å². The van der Waals surface area contributed by atoms with Gasteiger partial charge in [-0.25, -0.2) is 0 Å². The van der Waals surface area contributed by atoms with Gasteiger partial charge >= 0.3 is 5.97 Å². The Hall–Kier alpha value is -1.99. The van der Waals surface area contributed by atoms with Crippen LogP contribution in [0.2, 0.25) is 0 Å². The van der Waals surface area contributed by atoms with Gasteiger partial charge in [-0.15, -0.1) is 0 Å². The molecule has 0 aromatic heterocycles. The molecule has 1 N–H and O–H groups in total. The fraction of sp³-hybridized carbons (Fsp3) is 0.786. The second-order valence-corrected chi connectivity index (χ2v) is 6.14. The van der Waals surface area contributed by atoms with Crippen molar-refractivity contribution in [3.8, 4) is 0 Å². The third-order valence-electron chi connectivity index (χ3n) is 4.24. The van der Waals surface area contributed by atoms with Crippen molar-refractivity contribution in [3.63, 3.8) is 0 Å². The number of ketones is 1. The molecule has 0 aromatic carbocycles. The predicted octanol–water partition coefficient (Wildman–Crippen LogP) is 0.316. The number of hydrogen-bond donors (Lipinski definition) is 1. The molecule has 8 heteroatoms. The first kappa shape index (κ1) is 16.4. The maximum Gasteiger partial charge on any atom is 0.307 e. The van der Waals surface area contributed by atoms with Gasteiger partial charge in [0.2, 0.25) is 6.54 Å². The van der Waals surface area contributed by atoms with Gasteiger partial charge in [0, 0.05) is 29.2 Å². The summed E-state index contributed by atoms with van der Waals surface area (Å²) in [6, 6.07) is 0.188. The second-order valence-electron chi connectivity index (χ2n) is 6.14. The van der Waals surface area contributed by atoms with Crippen LogP contribution in [0.15, 0.2) is 0 Å². The minimum Gasteiger partial charge on any atom is -0.456 e. The summed E-state index contributed by atoms with van der Waals surface area (Å²) in [5.74, 6) is -2.40. The highest BCUT2D eigenvalue weighted by Crippen LogP contribution is 2.36. The van der Waals surface area contributed by atoms with Gasteiger partial charge in [0.1, 0.15) is 5.78 Å². The Labute approximate surface area is 127 Å². The molecule has 8 nitrogen and oxygen atoms in total. The Morgan fingerprint density at radius 3 is 2.68 bits per heavy atom. The van der Waals surface area contributed by atoms with Crippen LogP contribution in [0.5, 0.6) is 0 Å². The average Bonchev–Trinajstić information content (AvgIpc) is 3.19. The van der Waals surface area contributed by atoms with Gasteiger partial charge in [-0.2, -0.15) is 0 Å². The molecule has 3 atom stereocenters. The van der Waals surface area contributed by atoms with Crippen molar-refractivity contribution in [2.24, 2.45) is 17.8 Å². The van der Waals surface area contributed by atoms with Crippen LogP contribution in [0.3, 0.4) is 0 Å². The molecule has 0 spiro atoms. The number of rotatable bonds is 7. The molecule has 22 heavy (non-hydrogen) atoms. The molecule has 0 aromatic rings. The summed E-state index contributed by atoms with van der Waals surface area (Å²) in [5.41, 5.74) is 0. The smallest absolute Gasteiger partial charge is 0.307 e. The lowest BCUT2D eigenvalue weighted by atomic mass is 9.88. The number of nitrogens with zero attached hydrogens (tertiary/aromatic N) is 1. The van der Waals surface area contributed by atoms with E-state index in [9.17, 15) is 24.5 Å². The van der Waals surface area contributed by atoms with Crippen LogP contribution < -0.4 is 5.32 Å². The van der Waals surface area contributed by atoms with Crippen LogP contribution in [0.4, 0.5) is 0 Å². The number of Topliss-reactive ketones (excluding diaryl/α,β-unsaturated/α-hetero) is 1. The number of nitrogens with one attached hydrogen (secondary N) is 1. The molecule has 0 bridgehead atoms. The minimum absolute atomic E-state index is 0.117. The molecule has 2 rings (SSSR count). The summed E-state index contributed by atoms with van der Waals surface area (Å²) in [6.45, 7) is 1.08. The van der Waals surface area contributed by atoms with Gasteiger partial charge in [0.05, 0.1) is 6.42 Å². The first-order valence-electron chi connectivity index (χ1n) is 7.46. The molecule has 2 fully saturated rings. The van der Waals surface area contributed by atoms with Gasteiger partial charge in [-0.3, -0.25) is 24.5 Å². The van der Waals surface area contributed by atoms with E-state index in [1.165, 1.54) is 0 Å². The third-order valence-corrected chi connectivity index (χ3v) is 4.24. The Balaban J connectivity index is 1.81. The minimum atomic E-state index is -0.681. The molecule has 2 saturated carbocycles. The largest absolute Gasteiger partial charge is 0.456 e. The van der Waals surface area contributed by atoms with Gasteiger partial charge in [-0.05, 0) is 18.8 Å². The monoisotopic (exact) mass is 312 g/mol. The highest BCUT2D eigenvalue weighted by atomic mass is 16.6. The van der Waals surface area contributed by atoms with Gasteiger partial charge in [0.25, 0.3) is 5.91 Å². The quantitative estimate of drug-likeness (QED) is 0.411. The zero-order valence-electron chi connectivity index (χ0n) is 12.4. The van der Waals surface area contributed by atoms with Gasteiger partial charge < -0.3 is 10.1 Å². The van der Waals surface area contributed by atoms with Crippen molar-refractivity contribution in [2.75, 3.05) is 13.2 Å². The van der Waals surface area contributed by atoms with Crippen molar-refractivity contribution < 1.29 is 24.0 Å². The van der Waals surface area contributed by atoms with Crippen LogP contribution in [0, 0.1) is 27.9 Å². The number of amides is 1. The molecule has 122 valence electrons. The van der Waals surface area contributed by atoms with Crippen molar-refractivity contribution in [3.05, 3.63) is 10.1 Å². The van der Waals surface area contributed by atoms with E-state index in [1.54, 1.807) is 6.92 Å². The first-order chi connectivity index (χ1) is 10.4. The summed E-state index contributed by atoms with van der Waals surface area (Å²) >= 11 is 0. The Kier molecular flexibility index (Phi) is 5.10. The highest BCUT2D eigenvalue weighted by Gasteiger charge is 2.44. The van der Waals surface area contributed by atoms with Crippen molar-refractivity contribution in [1.82, 2.24) is 5.32 Å². The number of hydrogen-bond acceptors (Lipinski definition) is 6. The maximum atomic E-state index is 11.9. The summed E-state index contributed by atoms with van der Waals surface area (Å²) < 4.78 is 4.86. The summed E-state index contributed by atoms with van der Waals surface area (Å²) in [4.78, 5) is 45.3. The summed E-state index contributed by atoms with van der Waals surface area (Å²) in [6.07, 6.45) is 1.93. The average molecular weight is 312 g/mol. The van der Waals surface area contributed by atoms with Crippen LogP contribution in [0.1, 0.15) is 32.6 Å². The van der Waals surface area contributed by atoms with Crippen molar-refractivity contribution >= 4 is 17.7 Å². The predicted molar refractivity (Wildman–Crippen MR) is 74.4 cm³/mol. The second kappa shape index (κ2) is 6.85. The molecule has 0 aliphatic heterocycles. The van der Waals surface area contributed by atoms with E-state index in [2.05, 4.69) is 5.32 Å². The highest BCUT2D eigenvalue weighted by molar-refractivity contribution is 5.88. The lowest BCUT2D eigenvalue weighted by Gasteiger charge is -2.16. The molecule has 2 aliphatic rings. The fourth-order valence-corrected chi connectivity index (χ4v) is 2.88. The number of ether oxygens (including phenoxy) is 1. The van der Waals surface area contributed by atoms with Crippen LogP contribution in [0.25, 0.3) is 0 Å². The standard InChI is InChI=1S/C14H20N2O6/c1-8-4-12(17)10(11(8)6-16(20)21)5-14(19)22-7-13(18)15-9-2-3-9/h8-11H,2-7H2,1H3,(H,15,18)/t8-,10-,11-/m1/s1. The van der Waals surface area contributed by atoms with E-state index >= 15 is 0 Å². The molecular weight excluding hydrogens is 292 g/mol. The van der Waals surface area contributed by atoms with E-state index in [0.717, 1.165) is 12.8 Å². The van der Waals surface area contributed by atoms with Crippen LogP contribution >= 0.6 is 0 Å². The maximum absolute atomic E-state index is 11.9. The number of esters is 1. The zero-order chi connectivity index (χ0) is 16.3. The molecular formula is C14H20N2O6. The normalized spacial score (nSPS) is 27.5. The van der Waals surface area contributed by atoms with E-state index in [0.29, 0.717) is 0 Å². The topological polar surface area (TPSA) is 116 Å². The van der Waals surface area contributed by atoms with Crippen molar-refractivity contribution in [2.45, 2.75) is 38.6 Å². The molecule has 0 unspecified atom stereocenters. The van der Waals surface area contributed by atoms with Gasteiger partial charge in [0.15, 0.2) is 6.61 Å². The molecule has 0 heterocycles. The summed E-state index contributed by atoms with van der Waals surface area (Å²) in [5, 5.41) is 13.4. The molecule has 1 amide bonds. The third kappa shape index (κ3) is 4.51. The lowest BCUT2D eigenvalue weighted by Crippen LogP contribution is -2.32. The number of nitro groups is 1. The Morgan fingerprint density at radius 1 is 1.41 bits per heavy atom.